The highest BCUT2D eigenvalue weighted by Gasteiger charge is 2.19. The van der Waals surface area contributed by atoms with Crippen LogP contribution in [-0.2, 0) is 11.3 Å². The number of rotatable bonds is 6. The highest BCUT2D eigenvalue weighted by atomic mass is 19.1. The number of carbonyl (C=O) groups is 1. The van der Waals surface area contributed by atoms with Crippen molar-refractivity contribution in [1.82, 2.24) is 9.80 Å². The number of hydrogen-bond acceptors (Lipinski definition) is 4. The molecule has 0 bridgehead atoms. The van der Waals surface area contributed by atoms with E-state index in [9.17, 15) is 9.18 Å². The second-order valence-electron chi connectivity index (χ2n) is 6.43. The Kier molecular flexibility index (Phi) is 6.20. The van der Waals surface area contributed by atoms with E-state index in [-0.39, 0.29) is 18.1 Å². The van der Waals surface area contributed by atoms with Crippen molar-refractivity contribution >= 4 is 11.6 Å². The Labute approximate surface area is 153 Å². The predicted octanol–water partition coefficient (Wildman–Crippen LogP) is 2.59. The number of nitrogens with one attached hydrogen (secondary N) is 1. The van der Waals surface area contributed by atoms with Gasteiger partial charge in [-0.2, -0.15) is 0 Å². The monoisotopic (exact) mass is 357 g/mol. The Morgan fingerprint density at radius 2 is 1.81 bits per heavy atom. The summed E-state index contributed by atoms with van der Waals surface area (Å²) in [7, 11) is 1.67. The van der Waals surface area contributed by atoms with Crippen molar-refractivity contribution in [3.63, 3.8) is 0 Å². The number of halogens is 1. The van der Waals surface area contributed by atoms with E-state index in [1.807, 2.05) is 18.2 Å². The molecule has 0 spiro atoms. The first-order valence-electron chi connectivity index (χ1n) is 8.76. The van der Waals surface area contributed by atoms with E-state index in [0.717, 1.165) is 38.5 Å². The van der Waals surface area contributed by atoms with Crippen molar-refractivity contribution < 1.29 is 13.9 Å². The fraction of sp³-hybridized carbons (Fsp3) is 0.350. The summed E-state index contributed by atoms with van der Waals surface area (Å²) in [5.41, 5.74) is 1.45. The van der Waals surface area contributed by atoms with Gasteiger partial charge in [0.2, 0.25) is 5.91 Å². The summed E-state index contributed by atoms with van der Waals surface area (Å²) in [5.74, 6) is 0.270. The van der Waals surface area contributed by atoms with Crippen molar-refractivity contribution in [2.75, 3.05) is 45.2 Å². The fourth-order valence-corrected chi connectivity index (χ4v) is 3.09. The van der Waals surface area contributed by atoms with Gasteiger partial charge in [0.25, 0.3) is 0 Å². The lowest BCUT2D eigenvalue weighted by Crippen LogP contribution is -2.48. The molecule has 1 saturated heterocycles. The molecule has 5 nitrogen and oxygen atoms in total. The molecule has 0 atom stereocenters. The van der Waals surface area contributed by atoms with E-state index in [1.165, 1.54) is 11.6 Å². The minimum absolute atomic E-state index is 0.184. The van der Waals surface area contributed by atoms with E-state index in [4.69, 9.17) is 4.74 Å². The highest BCUT2D eigenvalue weighted by Crippen LogP contribution is 2.16. The number of hydrogen-bond donors (Lipinski definition) is 1. The molecule has 1 heterocycles. The first-order valence-corrected chi connectivity index (χ1v) is 8.76. The standard InChI is InChI=1S/C20H24FN3O2/c1-26-17-6-4-5-16(13-17)14-23-9-11-24(12-10-23)15-20(25)22-19-8-3-2-7-18(19)21/h2-8,13H,9-12,14-15H2,1H3,(H,22,25). The third kappa shape index (κ3) is 5.03. The van der Waals surface area contributed by atoms with Gasteiger partial charge in [0, 0.05) is 32.7 Å². The third-order valence-corrected chi connectivity index (χ3v) is 4.52. The summed E-state index contributed by atoms with van der Waals surface area (Å²) in [6, 6.07) is 14.3. The van der Waals surface area contributed by atoms with Crippen LogP contribution in [0.1, 0.15) is 5.56 Å². The maximum atomic E-state index is 13.6. The number of carbonyl (C=O) groups excluding carboxylic acids is 1. The van der Waals surface area contributed by atoms with Crippen molar-refractivity contribution in [1.29, 1.82) is 0 Å². The summed E-state index contributed by atoms with van der Waals surface area (Å²) in [4.78, 5) is 16.6. The number of amides is 1. The van der Waals surface area contributed by atoms with Crippen molar-refractivity contribution in [3.05, 3.63) is 59.9 Å². The van der Waals surface area contributed by atoms with Gasteiger partial charge in [0.1, 0.15) is 11.6 Å². The lowest BCUT2D eigenvalue weighted by molar-refractivity contribution is -0.117. The average Bonchev–Trinajstić information content (AvgIpc) is 2.65. The Morgan fingerprint density at radius 1 is 1.08 bits per heavy atom. The number of benzene rings is 2. The van der Waals surface area contributed by atoms with Crippen LogP contribution in [0.25, 0.3) is 0 Å². The molecule has 1 amide bonds. The second-order valence-corrected chi connectivity index (χ2v) is 6.43. The van der Waals surface area contributed by atoms with Crippen LogP contribution in [0.15, 0.2) is 48.5 Å². The van der Waals surface area contributed by atoms with Crippen LogP contribution < -0.4 is 10.1 Å². The van der Waals surface area contributed by atoms with Gasteiger partial charge in [0.15, 0.2) is 0 Å². The van der Waals surface area contributed by atoms with Crippen LogP contribution in [0.2, 0.25) is 0 Å². The van der Waals surface area contributed by atoms with Gasteiger partial charge in [-0.25, -0.2) is 4.39 Å². The Hall–Kier alpha value is -2.44. The van der Waals surface area contributed by atoms with Gasteiger partial charge in [-0.1, -0.05) is 24.3 Å². The summed E-state index contributed by atoms with van der Waals surface area (Å²) in [6.45, 7) is 4.56. The first kappa shape index (κ1) is 18.4. The Balaban J connectivity index is 1.44. The van der Waals surface area contributed by atoms with Gasteiger partial charge in [-0.05, 0) is 29.8 Å². The van der Waals surface area contributed by atoms with Gasteiger partial charge in [-0.15, -0.1) is 0 Å². The molecule has 6 heteroatoms. The van der Waals surface area contributed by atoms with Gasteiger partial charge in [-0.3, -0.25) is 14.6 Å². The van der Waals surface area contributed by atoms with Crippen LogP contribution in [0, 0.1) is 5.82 Å². The quantitative estimate of drug-likeness (QED) is 0.863. The molecular weight excluding hydrogens is 333 g/mol. The van der Waals surface area contributed by atoms with E-state index in [1.54, 1.807) is 25.3 Å². The topological polar surface area (TPSA) is 44.8 Å². The van der Waals surface area contributed by atoms with E-state index in [2.05, 4.69) is 21.2 Å². The number of para-hydroxylation sites is 1. The third-order valence-electron chi connectivity index (χ3n) is 4.52. The zero-order chi connectivity index (χ0) is 18.4. The first-order chi connectivity index (χ1) is 12.6. The summed E-state index contributed by atoms with van der Waals surface area (Å²) < 4.78 is 18.9. The van der Waals surface area contributed by atoms with Crippen LogP contribution in [0.5, 0.6) is 5.75 Å². The van der Waals surface area contributed by atoms with Crippen LogP contribution in [0.4, 0.5) is 10.1 Å². The molecule has 0 saturated carbocycles. The zero-order valence-corrected chi connectivity index (χ0v) is 15.0. The number of ether oxygens (including phenoxy) is 1. The molecule has 0 radical (unpaired) electrons. The summed E-state index contributed by atoms with van der Waals surface area (Å²) in [5, 5.41) is 2.64. The van der Waals surface area contributed by atoms with Gasteiger partial charge in [0.05, 0.1) is 19.3 Å². The van der Waals surface area contributed by atoms with Crippen molar-refractivity contribution in [3.8, 4) is 5.75 Å². The van der Waals surface area contributed by atoms with Gasteiger partial charge < -0.3 is 10.1 Å². The smallest absolute Gasteiger partial charge is 0.238 e. The average molecular weight is 357 g/mol. The number of nitrogens with zero attached hydrogens (tertiary/aromatic N) is 2. The van der Waals surface area contributed by atoms with Crippen LogP contribution in [0.3, 0.4) is 0 Å². The molecule has 0 unspecified atom stereocenters. The fourth-order valence-electron chi connectivity index (χ4n) is 3.09. The molecule has 0 aromatic heterocycles. The number of methoxy groups -OCH3 is 1. The SMILES string of the molecule is COc1cccc(CN2CCN(CC(=O)Nc3ccccc3F)CC2)c1. The molecular formula is C20H24FN3O2. The molecule has 2 aromatic rings. The van der Waals surface area contributed by atoms with E-state index in [0.29, 0.717) is 0 Å². The molecule has 3 rings (SSSR count). The predicted molar refractivity (Wildman–Crippen MR) is 99.7 cm³/mol. The highest BCUT2D eigenvalue weighted by molar-refractivity contribution is 5.92. The van der Waals surface area contributed by atoms with E-state index >= 15 is 0 Å². The van der Waals surface area contributed by atoms with Crippen LogP contribution in [-0.4, -0.2) is 55.5 Å². The molecule has 0 aliphatic carbocycles. The molecule has 138 valence electrons. The lowest BCUT2D eigenvalue weighted by Gasteiger charge is -2.34. The Morgan fingerprint density at radius 3 is 2.54 bits per heavy atom. The molecule has 1 fully saturated rings. The maximum absolute atomic E-state index is 13.6. The molecule has 26 heavy (non-hydrogen) atoms. The zero-order valence-electron chi connectivity index (χ0n) is 15.0. The Bertz CT molecular complexity index is 745. The maximum Gasteiger partial charge on any atom is 0.238 e. The van der Waals surface area contributed by atoms with Crippen molar-refractivity contribution in [2.45, 2.75) is 6.54 Å². The summed E-state index contributed by atoms with van der Waals surface area (Å²) in [6.07, 6.45) is 0. The van der Waals surface area contributed by atoms with Gasteiger partial charge >= 0.3 is 0 Å². The van der Waals surface area contributed by atoms with Crippen LogP contribution >= 0.6 is 0 Å². The molecule has 2 aromatic carbocycles. The second kappa shape index (κ2) is 8.78. The normalized spacial score (nSPS) is 15.6. The summed E-state index contributed by atoms with van der Waals surface area (Å²) >= 11 is 0. The lowest BCUT2D eigenvalue weighted by atomic mass is 10.2. The molecule has 1 aliphatic rings. The largest absolute Gasteiger partial charge is 0.497 e. The van der Waals surface area contributed by atoms with E-state index < -0.39 is 5.82 Å². The number of anilines is 1. The molecule has 1 N–H and O–H groups in total. The molecule has 1 aliphatic heterocycles. The van der Waals surface area contributed by atoms with Crippen molar-refractivity contribution in [2.24, 2.45) is 0 Å². The minimum Gasteiger partial charge on any atom is -0.497 e. The number of piperazine rings is 1. The minimum atomic E-state index is -0.413.